The van der Waals surface area contributed by atoms with Crippen LogP contribution in [-0.4, -0.2) is 12.4 Å². The lowest BCUT2D eigenvalue weighted by molar-refractivity contribution is 0.499. The van der Waals surface area contributed by atoms with Crippen molar-refractivity contribution in [1.29, 1.82) is 0 Å². The number of anilines is 1. The molecule has 0 saturated carbocycles. The van der Waals surface area contributed by atoms with Crippen molar-refractivity contribution >= 4 is 11.5 Å². The number of aryl methyl sites for hydroxylation is 1. The molecule has 2 rings (SSSR count). The maximum atomic E-state index is 4.49. The number of aliphatic imine (C=N–C) groups is 1. The summed E-state index contributed by atoms with van der Waals surface area (Å²) in [5.74, 6) is 1.61. The average Bonchev–Trinajstić information content (AvgIpc) is 2.80. The molecule has 1 aliphatic heterocycles. The van der Waals surface area contributed by atoms with Gasteiger partial charge in [-0.05, 0) is 36.1 Å². The minimum Gasteiger partial charge on any atom is -0.342 e. The summed E-state index contributed by atoms with van der Waals surface area (Å²) in [5.41, 5.74) is 3.76. The molecule has 0 atom stereocenters. The average molecular weight is 269 g/mol. The molecular weight excluding hydrogens is 246 g/mol. The lowest BCUT2D eigenvalue weighted by Crippen LogP contribution is -2.24. The van der Waals surface area contributed by atoms with Gasteiger partial charge in [-0.3, -0.25) is 4.99 Å². The van der Waals surface area contributed by atoms with Crippen molar-refractivity contribution in [2.75, 3.05) is 11.9 Å². The van der Waals surface area contributed by atoms with E-state index in [-0.39, 0.29) is 5.41 Å². The molecule has 0 amide bonds. The third-order valence-electron chi connectivity index (χ3n) is 3.32. The predicted octanol–water partition coefficient (Wildman–Crippen LogP) is 3.85. The molecule has 1 aliphatic rings. The number of amidine groups is 1. The Morgan fingerprint density at radius 2 is 1.80 bits per heavy atom. The highest BCUT2D eigenvalue weighted by Crippen LogP contribution is 2.27. The Bertz CT molecular complexity index is 557. The first-order chi connectivity index (χ1) is 9.34. The van der Waals surface area contributed by atoms with E-state index in [4.69, 9.17) is 0 Å². The highest BCUT2D eigenvalue weighted by Gasteiger charge is 2.20. The fraction of sp³-hybridized carbons (Fsp3) is 0.353. The minimum absolute atomic E-state index is 0.165. The van der Waals surface area contributed by atoms with E-state index >= 15 is 0 Å². The van der Waals surface area contributed by atoms with Gasteiger partial charge in [0.2, 0.25) is 0 Å². The maximum Gasteiger partial charge on any atom is 0.126 e. The number of benzene rings is 1. The summed E-state index contributed by atoms with van der Waals surface area (Å²) in [6.45, 7) is 13.4. The Morgan fingerprint density at radius 1 is 1.15 bits per heavy atom. The van der Waals surface area contributed by atoms with E-state index in [2.05, 4.69) is 68.1 Å². The van der Waals surface area contributed by atoms with E-state index in [9.17, 15) is 0 Å². The van der Waals surface area contributed by atoms with Crippen molar-refractivity contribution < 1.29 is 0 Å². The minimum atomic E-state index is 0.165. The quantitative estimate of drug-likeness (QED) is 0.874. The Hall–Kier alpha value is -2.03. The van der Waals surface area contributed by atoms with Gasteiger partial charge in [-0.2, -0.15) is 0 Å². The lowest BCUT2D eigenvalue weighted by atomic mass is 9.87. The van der Waals surface area contributed by atoms with Crippen LogP contribution in [0, 0.1) is 12.3 Å². The van der Waals surface area contributed by atoms with Gasteiger partial charge in [0, 0.05) is 5.69 Å². The van der Waals surface area contributed by atoms with Gasteiger partial charge in [-0.1, -0.05) is 45.0 Å². The van der Waals surface area contributed by atoms with Crippen molar-refractivity contribution in [3.63, 3.8) is 0 Å². The fourth-order valence-corrected chi connectivity index (χ4v) is 1.95. The molecule has 3 heteroatoms. The van der Waals surface area contributed by atoms with Crippen LogP contribution in [0.25, 0.3) is 0 Å². The molecule has 0 bridgehead atoms. The Kier molecular flexibility index (Phi) is 3.98. The van der Waals surface area contributed by atoms with Crippen LogP contribution in [0.4, 0.5) is 5.69 Å². The van der Waals surface area contributed by atoms with E-state index in [1.54, 1.807) is 0 Å². The van der Waals surface area contributed by atoms with E-state index in [0.717, 1.165) is 23.9 Å². The maximum absolute atomic E-state index is 4.49. The van der Waals surface area contributed by atoms with Crippen LogP contribution in [0.2, 0.25) is 0 Å². The van der Waals surface area contributed by atoms with Gasteiger partial charge in [0.05, 0.1) is 6.54 Å². The molecule has 0 saturated heterocycles. The molecule has 20 heavy (non-hydrogen) atoms. The molecule has 2 N–H and O–H groups in total. The van der Waals surface area contributed by atoms with Crippen LogP contribution in [0.1, 0.15) is 26.3 Å². The van der Waals surface area contributed by atoms with Gasteiger partial charge < -0.3 is 10.6 Å². The normalized spacial score (nSPS) is 14.6. The molecule has 0 aromatic heterocycles. The van der Waals surface area contributed by atoms with Gasteiger partial charge in [0.15, 0.2) is 0 Å². The molecule has 0 unspecified atom stereocenters. The van der Waals surface area contributed by atoms with Crippen molar-refractivity contribution in [1.82, 2.24) is 5.32 Å². The SMILES string of the molecule is C=C(NC1=NCC(C(C)(C)C)=C1)Nc1ccc(C)cc1. The van der Waals surface area contributed by atoms with Crippen LogP contribution in [0.3, 0.4) is 0 Å². The molecular formula is C17H23N3. The van der Waals surface area contributed by atoms with Crippen LogP contribution in [0.5, 0.6) is 0 Å². The Balaban J connectivity index is 1.93. The molecule has 1 heterocycles. The molecule has 106 valence electrons. The summed E-state index contributed by atoms with van der Waals surface area (Å²) in [6.07, 6.45) is 2.11. The summed E-state index contributed by atoms with van der Waals surface area (Å²) in [4.78, 5) is 4.49. The van der Waals surface area contributed by atoms with E-state index in [1.165, 1.54) is 11.1 Å². The third kappa shape index (κ3) is 3.73. The fourth-order valence-electron chi connectivity index (χ4n) is 1.95. The lowest BCUT2D eigenvalue weighted by Gasteiger charge is -2.18. The Labute approximate surface area is 121 Å². The third-order valence-corrected chi connectivity index (χ3v) is 3.32. The molecule has 1 aromatic rings. The molecule has 0 aliphatic carbocycles. The number of rotatable bonds is 3. The summed E-state index contributed by atoms with van der Waals surface area (Å²) >= 11 is 0. The smallest absolute Gasteiger partial charge is 0.126 e. The first kappa shape index (κ1) is 14.4. The van der Waals surface area contributed by atoms with Gasteiger partial charge in [-0.25, -0.2) is 0 Å². The topological polar surface area (TPSA) is 36.4 Å². The summed E-state index contributed by atoms with van der Waals surface area (Å²) < 4.78 is 0. The van der Waals surface area contributed by atoms with Crippen molar-refractivity contribution in [3.05, 3.63) is 53.9 Å². The zero-order chi connectivity index (χ0) is 14.8. The van der Waals surface area contributed by atoms with Crippen LogP contribution < -0.4 is 10.6 Å². The standard InChI is InChI=1S/C17H23N3/c1-12-6-8-15(9-7-12)19-13(2)20-16-10-14(11-18-16)17(3,4)5/h6-10,19H,2,11H2,1,3-5H3,(H,18,20). The van der Waals surface area contributed by atoms with Crippen molar-refractivity contribution in [2.24, 2.45) is 10.4 Å². The van der Waals surface area contributed by atoms with Crippen LogP contribution in [-0.2, 0) is 0 Å². The molecule has 0 radical (unpaired) electrons. The summed E-state index contributed by atoms with van der Waals surface area (Å²) in [6, 6.07) is 8.21. The van der Waals surface area contributed by atoms with Gasteiger partial charge in [-0.15, -0.1) is 0 Å². The van der Waals surface area contributed by atoms with Crippen LogP contribution in [0.15, 0.2) is 53.3 Å². The van der Waals surface area contributed by atoms with Crippen LogP contribution >= 0.6 is 0 Å². The van der Waals surface area contributed by atoms with Crippen molar-refractivity contribution in [2.45, 2.75) is 27.7 Å². The number of nitrogens with zero attached hydrogens (tertiary/aromatic N) is 1. The summed E-state index contributed by atoms with van der Waals surface area (Å²) in [7, 11) is 0. The van der Waals surface area contributed by atoms with E-state index < -0.39 is 0 Å². The number of hydrogen-bond acceptors (Lipinski definition) is 3. The zero-order valence-electron chi connectivity index (χ0n) is 12.7. The molecule has 3 nitrogen and oxygen atoms in total. The summed E-state index contributed by atoms with van der Waals surface area (Å²) in [5, 5.41) is 6.45. The second kappa shape index (κ2) is 5.53. The monoisotopic (exact) mass is 269 g/mol. The second-order valence-electron chi connectivity index (χ2n) is 6.22. The predicted molar refractivity (Wildman–Crippen MR) is 86.9 cm³/mol. The second-order valence-corrected chi connectivity index (χ2v) is 6.22. The molecule has 0 spiro atoms. The first-order valence-corrected chi connectivity index (χ1v) is 6.90. The largest absolute Gasteiger partial charge is 0.342 e. The molecule has 1 aromatic carbocycles. The number of nitrogens with one attached hydrogen (secondary N) is 2. The zero-order valence-corrected chi connectivity index (χ0v) is 12.7. The highest BCUT2D eigenvalue weighted by atomic mass is 15.1. The van der Waals surface area contributed by atoms with Gasteiger partial charge in [0.25, 0.3) is 0 Å². The van der Waals surface area contributed by atoms with E-state index in [0.29, 0.717) is 0 Å². The van der Waals surface area contributed by atoms with Gasteiger partial charge >= 0.3 is 0 Å². The van der Waals surface area contributed by atoms with E-state index in [1.807, 2.05) is 12.1 Å². The highest BCUT2D eigenvalue weighted by molar-refractivity contribution is 5.97. The first-order valence-electron chi connectivity index (χ1n) is 6.90. The molecule has 0 fully saturated rings. The Morgan fingerprint density at radius 3 is 2.35 bits per heavy atom. The van der Waals surface area contributed by atoms with Crippen molar-refractivity contribution in [3.8, 4) is 0 Å². The van der Waals surface area contributed by atoms with Gasteiger partial charge in [0.1, 0.15) is 11.7 Å². The number of hydrogen-bond donors (Lipinski definition) is 2.